The van der Waals surface area contributed by atoms with Gasteiger partial charge >= 0.3 is 0 Å². The third-order valence-corrected chi connectivity index (χ3v) is 2.97. The second-order valence-corrected chi connectivity index (χ2v) is 4.22. The maximum atomic E-state index is 10.6. The molecule has 5 nitrogen and oxygen atoms in total. The predicted octanol–water partition coefficient (Wildman–Crippen LogP) is 2.66. The number of hydrogen-bond acceptors (Lipinski definition) is 4. The van der Waals surface area contributed by atoms with Gasteiger partial charge in [0.2, 0.25) is 0 Å². The van der Waals surface area contributed by atoms with Crippen molar-refractivity contribution in [1.29, 1.82) is 0 Å². The van der Waals surface area contributed by atoms with Crippen molar-refractivity contribution in [2.75, 3.05) is 0 Å². The zero-order valence-electron chi connectivity index (χ0n) is 9.37. The molecule has 90 valence electrons. The molecule has 1 fully saturated rings. The van der Waals surface area contributed by atoms with E-state index < -0.39 is 4.92 Å². The summed E-state index contributed by atoms with van der Waals surface area (Å²) in [6.07, 6.45) is 6.03. The maximum absolute atomic E-state index is 10.6. The van der Waals surface area contributed by atoms with Gasteiger partial charge in [0, 0.05) is 30.0 Å². The average molecular weight is 234 g/mol. The number of aliphatic imine (C=N–C) groups is 1. The normalized spacial score (nSPS) is 16.7. The molecule has 17 heavy (non-hydrogen) atoms. The van der Waals surface area contributed by atoms with E-state index in [0.717, 1.165) is 12.8 Å². The zero-order chi connectivity index (χ0) is 12.3. The summed E-state index contributed by atoms with van der Waals surface area (Å²) in [5.74, 6) is 0.0253. The fourth-order valence-electron chi connectivity index (χ4n) is 2.00. The molecule has 1 N–H and O–H groups in total. The molecule has 0 aromatic heterocycles. The van der Waals surface area contributed by atoms with Gasteiger partial charge in [-0.1, -0.05) is 12.8 Å². The Morgan fingerprint density at radius 1 is 1.41 bits per heavy atom. The van der Waals surface area contributed by atoms with Crippen LogP contribution in [0.3, 0.4) is 0 Å². The Bertz CT molecular complexity index is 451. The number of rotatable bonds is 3. The number of nitro groups is 1. The van der Waals surface area contributed by atoms with E-state index in [4.69, 9.17) is 0 Å². The van der Waals surface area contributed by atoms with Gasteiger partial charge in [-0.25, -0.2) is 0 Å². The number of hydrogen-bond donors (Lipinski definition) is 1. The van der Waals surface area contributed by atoms with Crippen LogP contribution in [0.25, 0.3) is 0 Å². The van der Waals surface area contributed by atoms with Gasteiger partial charge in [0.1, 0.15) is 5.75 Å². The first kappa shape index (κ1) is 11.6. The van der Waals surface area contributed by atoms with Crippen molar-refractivity contribution in [2.45, 2.75) is 31.7 Å². The van der Waals surface area contributed by atoms with Gasteiger partial charge in [-0.3, -0.25) is 15.1 Å². The molecule has 0 spiro atoms. The van der Waals surface area contributed by atoms with Crippen LogP contribution < -0.4 is 0 Å². The number of phenolic OH excluding ortho intramolecular Hbond substituents is 1. The lowest BCUT2D eigenvalue weighted by molar-refractivity contribution is -0.384. The molecule has 0 aliphatic heterocycles. The molecule has 0 unspecified atom stereocenters. The molecule has 1 aromatic rings. The number of non-ortho nitro benzene ring substituents is 1. The molecular formula is C12H14N2O3. The van der Waals surface area contributed by atoms with Crippen LogP contribution in [-0.4, -0.2) is 22.3 Å². The standard InChI is InChI=1S/C12H14N2O3/c15-12-6-5-11(14(16)17)7-9(12)8-13-10-3-1-2-4-10/h5-8,10,15H,1-4H2/b13-8+. The van der Waals surface area contributed by atoms with Crippen molar-refractivity contribution < 1.29 is 10.0 Å². The van der Waals surface area contributed by atoms with E-state index >= 15 is 0 Å². The van der Waals surface area contributed by atoms with Gasteiger partial charge in [0.15, 0.2) is 0 Å². The van der Waals surface area contributed by atoms with Crippen molar-refractivity contribution in [3.63, 3.8) is 0 Å². The summed E-state index contributed by atoms with van der Waals surface area (Å²) < 4.78 is 0. The Hall–Kier alpha value is -1.91. The average Bonchev–Trinajstić information content (AvgIpc) is 2.80. The van der Waals surface area contributed by atoms with Crippen LogP contribution in [-0.2, 0) is 0 Å². The summed E-state index contributed by atoms with van der Waals surface area (Å²) in [6, 6.07) is 4.25. The summed E-state index contributed by atoms with van der Waals surface area (Å²) in [5, 5.41) is 20.2. The SMILES string of the molecule is O=[N+]([O-])c1ccc(O)c(/C=N/C2CCCC2)c1. The van der Waals surface area contributed by atoms with E-state index in [2.05, 4.69) is 4.99 Å². The van der Waals surface area contributed by atoms with Gasteiger partial charge in [0.05, 0.1) is 4.92 Å². The first-order valence-electron chi connectivity index (χ1n) is 5.67. The topological polar surface area (TPSA) is 75.7 Å². The van der Waals surface area contributed by atoms with Crippen molar-refractivity contribution >= 4 is 11.9 Å². The van der Waals surface area contributed by atoms with E-state index in [1.54, 1.807) is 6.21 Å². The second-order valence-electron chi connectivity index (χ2n) is 4.22. The highest BCUT2D eigenvalue weighted by molar-refractivity contribution is 5.84. The van der Waals surface area contributed by atoms with Crippen LogP contribution in [0.2, 0.25) is 0 Å². The van der Waals surface area contributed by atoms with Crippen molar-refractivity contribution in [3.05, 3.63) is 33.9 Å². The minimum Gasteiger partial charge on any atom is -0.507 e. The Morgan fingerprint density at radius 2 is 2.12 bits per heavy atom. The molecule has 2 rings (SSSR count). The van der Waals surface area contributed by atoms with E-state index in [1.165, 1.54) is 31.0 Å². The molecule has 1 saturated carbocycles. The Labute approximate surface area is 99.0 Å². The molecule has 5 heteroatoms. The Morgan fingerprint density at radius 3 is 2.76 bits per heavy atom. The smallest absolute Gasteiger partial charge is 0.270 e. The maximum Gasteiger partial charge on any atom is 0.270 e. The van der Waals surface area contributed by atoms with E-state index in [9.17, 15) is 15.2 Å². The largest absolute Gasteiger partial charge is 0.507 e. The van der Waals surface area contributed by atoms with E-state index in [-0.39, 0.29) is 11.4 Å². The fraction of sp³-hybridized carbons (Fsp3) is 0.417. The van der Waals surface area contributed by atoms with Crippen molar-refractivity contribution in [1.82, 2.24) is 0 Å². The highest BCUT2D eigenvalue weighted by Gasteiger charge is 2.13. The van der Waals surface area contributed by atoms with Crippen molar-refractivity contribution in [2.24, 2.45) is 4.99 Å². The van der Waals surface area contributed by atoms with Gasteiger partial charge in [-0.05, 0) is 18.9 Å². The van der Waals surface area contributed by atoms with Crippen LogP contribution in [0, 0.1) is 10.1 Å². The predicted molar refractivity (Wildman–Crippen MR) is 64.6 cm³/mol. The van der Waals surface area contributed by atoms with E-state index in [1.807, 2.05) is 0 Å². The summed E-state index contributed by atoms with van der Waals surface area (Å²) >= 11 is 0. The molecular weight excluding hydrogens is 220 g/mol. The molecule has 0 radical (unpaired) electrons. The van der Waals surface area contributed by atoms with Gasteiger partial charge in [-0.15, -0.1) is 0 Å². The third-order valence-electron chi connectivity index (χ3n) is 2.97. The van der Waals surface area contributed by atoms with Crippen LogP contribution in [0.1, 0.15) is 31.2 Å². The summed E-state index contributed by atoms with van der Waals surface area (Å²) in [7, 11) is 0. The lowest BCUT2D eigenvalue weighted by Gasteiger charge is -2.02. The number of benzene rings is 1. The zero-order valence-corrected chi connectivity index (χ0v) is 9.37. The highest BCUT2D eigenvalue weighted by atomic mass is 16.6. The number of nitro benzene ring substituents is 1. The molecule has 0 bridgehead atoms. The first-order chi connectivity index (χ1) is 8.16. The van der Waals surface area contributed by atoms with Crippen LogP contribution in [0.15, 0.2) is 23.2 Å². The summed E-state index contributed by atoms with van der Waals surface area (Å²) in [6.45, 7) is 0. The van der Waals surface area contributed by atoms with Gasteiger partial charge < -0.3 is 5.11 Å². The highest BCUT2D eigenvalue weighted by Crippen LogP contribution is 2.24. The number of aromatic hydroxyl groups is 1. The minimum absolute atomic E-state index is 0.0253. The van der Waals surface area contributed by atoms with Gasteiger partial charge in [-0.2, -0.15) is 0 Å². The second kappa shape index (κ2) is 4.95. The first-order valence-corrected chi connectivity index (χ1v) is 5.67. The fourth-order valence-corrected chi connectivity index (χ4v) is 2.00. The molecule has 0 saturated heterocycles. The summed E-state index contributed by atoms with van der Waals surface area (Å²) in [4.78, 5) is 14.5. The Kier molecular flexibility index (Phi) is 3.37. The quantitative estimate of drug-likeness (QED) is 0.496. The molecule has 1 aromatic carbocycles. The van der Waals surface area contributed by atoms with Crippen LogP contribution >= 0.6 is 0 Å². The number of nitrogens with zero attached hydrogens (tertiary/aromatic N) is 2. The van der Waals surface area contributed by atoms with Gasteiger partial charge in [0.25, 0.3) is 5.69 Å². The van der Waals surface area contributed by atoms with Crippen LogP contribution in [0.5, 0.6) is 5.75 Å². The van der Waals surface area contributed by atoms with E-state index in [0.29, 0.717) is 11.6 Å². The molecule has 0 amide bonds. The lowest BCUT2D eigenvalue weighted by Crippen LogP contribution is -1.97. The third kappa shape index (κ3) is 2.81. The molecule has 1 aliphatic rings. The molecule has 0 atom stereocenters. The minimum atomic E-state index is -0.480. The van der Waals surface area contributed by atoms with Crippen LogP contribution in [0.4, 0.5) is 5.69 Å². The lowest BCUT2D eigenvalue weighted by atomic mass is 10.2. The Balaban J connectivity index is 2.18. The van der Waals surface area contributed by atoms with Crippen molar-refractivity contribution in [3.8, 4) is 5.75 Å². The molecule has 1 aliphatic carbocycles. The molecule has 0 heterocycles. The number of phenols is 1. The summed E-state index contributed by atoms with van der Waals surface area (Å²) in [5.41, 5.74) is 0.377. The monoisotopic (exact) mass is 234 g/mol.